The number of rotatable bonds is 6. The van der Waals surface area contributed by atoms with E-state index in [1.807, 2.05) is 4.90 Å². The van der Waals surface area contributed by atoms with Crippen LogP contribution in [0.3, 0.4) is 0 Å². The minimum Gasteiger partial charge on any atom is -0.337 e. The summed E-state index contributed by atoms with van der Waals surface area (Å²) in [6.07, 6.45) is 2.05. The summed E-state index contributed by atoms with van der Waals surface area (Å²) in [6, 6.07) is 6.17. The molecular formula is C17H28N4O3S. The van der Waals surface area contributed by atoms with Crippen molar-refractivity contribution in [2.24, 2.45) is 5.14 Å². The molecule has 1 aromatic rings. The maximum atomic E-state index is 12.7. The number of nitrogens with zero attached hydrogens (tertiary/aromatic N) is 3. The second kappa shape index (κ2) is 8.27. The van der Waals surface area contributed by atoms with E-state index in [-0.39, 0.29) is 10.8 Å². The lowest BCUT2D eigenvalue weighted by atomic mass is 10.0. The number of likely N-dealkylation sites (N-methyl/N-ethyl adjacent to an activating group) is 2. The fourth-order valence-electron chi connectivity index (χ4n) is 3.01. The molecule has 0 aromatic heterocycles. The smallest absolute Gasteiger partial charge is 0.253 e. The molecule has 8 heteroatoms. The Labute approximate surface area is 150 Å². The van der Waals surface area contributed by atoms with E-state index in [2.05, 4.69) is 30.9 Å². The molecule has 1 aliphatic heterocycles. The van der Waals surface area contributed by atoms with Crippen molar-refractivity contribution in [3.8, 4) is 0 Å². The van der Waals surface area contributed by atoms with Gasteiger partial charge in [-0.2, -0.15) is 0 Å². The number of benzene rings is 1. The molecule has 1 fully saturated rings. The zero-order valence-electron chi connectivity index (χ0n) is 15.2. The van der Waals surface area contributed by atoms with Crippen LogP contribution in [-0.4, -0.2) is 82.4 Å². The largest absolute Gasteiger partial charge is 0.337 e. The third-order valence-electron chi connectivity index (χ3n) is 4.64. The van der Waals surface area contributed by atoms with Crippen molar-refractivity contribution in [3.05, 3.63) is 29.8 Å². The molecule has 1 atom stereocenters. The molecule has 140 valence electrons. The van der Waals surface area contributed by atoms with Gasteiger partial charge in [0.15, 0.2) is 0 Å². The summed E-state index contributed by atoms with van der Waals surface area (Å²) < 4.78 is 22.6. The molecule has 0 spiro atoms. The van der Waals surface area contributed by atoms with Crippen LogP contribution in [-0.2, 0) is 10.0 Å². The predicted molar refractivity (Wildman–Crippen MR) is 97.9 cm³/mol. The Kier molecular flexibility index (Phi) is 6.56. The van der Waals surface area contributed by atoms with Crippen LogP contribution in [0.2, 0.25) is 0 Å². The van der Waals surface area contributed by atoms with Gasteiger partial charge < -0.3 is 14.7 Å². The summed E-state index contributed by atoms with van der Waals surface area (Å²) in [5, 5.41) is 5.09. The fourth-order valence-corrected chi connectivity index (χ4v) is 3.52. The Morgan fingerprint density at radius 2 is 1.84 bits per heavy atom. The van der Waals surface area contributed by atoms with Gasteiger partial charge in [0, 0.05) is 37.8 Å². The molecule has 1 heterocycles. The lowest BCUT2D eigenvalue weighted by Crippen LogP contribution is -2.49. The van der Waals surface area contributed by atoms with Crippen LogP contribution in [0.15, 0.2) is 29.2 Å². The number of hydrogen-bond acceptors (Lipinski definition) is 5. The maximum Gasteiger partial charge on any atom is 0.253 e. The van der Waals surface area contributed by atoms with Crippen LogP contribution in [0.5, 0.6) is 0 Å². The molecular weight excluding hydrogens is 340 g/mol. The van der Waals surface area contributed by atoms with E-state index < -0.39 is 10.0 Å². The number of hydrogen-bond donors (Lipinski definition) is 1. The van der Waals surface area contributed by atoms with Crippen LogP contribution in [0.25, 0.3) is 0 Å². The number of amides is 1. The molecule has 0 radical (unpaired) electrons. The number of likely N-dealkylation sites (tertiary alicyclic amines) is 1. The SMILES string of the molecule is CN(C)CCN(C)C1CCCN(C(=O)c2ccc(S(N)(=O)=O)cc2)C1. The fraction of sp³-hybridized carbons (Fsp3) is 0.588. The number of carbonyl (C=O) groups is 1. The molecule has 0 bridgehead atoms. The van der Waals surface area contributed by atoms with E-state index in [4.69, 9.17) is 5.14 Å². The number of carbonyl (C=O) groups excluding carboxylic acids is 1. The van der Waals surface area contributed by atoms with Gasteiger partial charge in [-0.1, -0.05) is 0 Å². The molecule has 0 saturated carbocycles. The van der Waals surface area contributed by atoms with Crippen LogP contribution in [0.4, 0.5) is 0 Å². The predicted octanol–water partition coefficient (Wildman–Crippen LogP) is 0.432. The Bertz CT molecular complexity index is 688. The first-order valence-corrected chi connectivity index (χ1v) is 10.00. The topological polar surface area (TPSA) is 86.9 Å². The molecule has 25 heavy (non-hydrogen) atoms. The standard InChI is InChI=1S/C17H28N4O3S/c1-19(2)11-12-20(3)15-5-4-10-21(13-15)17(22)14-6-8-16(9-7-14)25(18,23)24/h6-9,15H,4-5,10-13H2,1-3H3,(H2,18,23,24). The Morgan fingerprint density at radius 1 is 1.20 bits per heavy atom. The van der Waals surface area contributed by atoms with Crippen LogP contribution >= 0.6 is 0 Å². The van der Waals surface area contributed by atoms with Crippen molar-refractivity contribution in [3.63, 3.8) is 0 Å². The zero-order valence-corrected chi connectivity index (χ0v) is 16.0. The minimum atomic E-state index is -3.74. The molecule has 1 saturated heterocycles. The Morgan fingerprint density at radius 3 is 2.40 bits per heavy atom. The van der Waals surface area contributed by atoms with Gasteiger partial charge in [-0.25, -0.2) is 13.6 Å². The highest BCUT2D eigenvalue weighted by Gasteiger charge is 2.27. The van der Waals surface area contributed by atoms with Crippen molar-refractivity contribution in [2.75, 3.05) is 47.3 Å². The molecule has 2 rings (SSSR count). The maximum absolute atomic E-state index is 12.7. The van der Waals surface area contributed by atoms with E-state index in [0.717, 1.165) is 32.5 Å². The van der Waals surface area contributed by atoms with Gasteiger partial charge in [0.1, 0.15) is 0 Å². The molecule has 1 amide bonds. The van der Waals surface area contributed by atoms with Gasteiger partial charge in [-0.15, -0.1) is 0 Å². The molecule has 2 N–H and O–H groups in total. The summed E-state index contributed by atoms with van der Waals surface area (Å²) in [5.74, 6) is -0.0633. The van der Waals surface area contributed by atoms with Crippen molar-refractivity contribution in [1.29, 1.82) is 0 Å². The number of nitrogens with two attached hydrogens (primary N) is 1. The molecule has 7 nitrogen and oxygen atoms in total. The summed E-state index contributed by atoms with van der Waals surface area (Å²) in [6.45, 7) is 3.37. The Hall–Kier alpha value is -1.48. The third kappa shape index (κ3) is 5.50. The van der Waals surface area contributed by atoms with Crippen molar-refractivity contribution < 1.29 is 13.2 Å². The number of piperidine rings is 1. The first-order valence-electron chi connectivity index (χ1n) is 8.45. The number of sulfonamides is 1. The van der Waals surface area contributed by atoms with E-state index in [1.165, 1.54) is 24.3 Å². The van der Waals surface area contributed by atoms with Crippen LogP contribution in [0, 0.1) is 0 Å². The van der Waals surface area contributed by atoms with E-state index in [9.17, 15) is 13.2 Å². The highest BCUT2D eigenvalue weighted by molar-refractivity contribution is 7.89. The normalized spacial score (nSPS) is 18.8. The average Bonchev–Trinajstić information content (AvgIpc) is 2.58. The molecule has 1 aromatic carbocycles. The van der Waals surface area contributed by atoms with Crippen molar-refractivity contribution >= 4 is 15.9 Å². The van der Waals surface area contributed by atoms with Gasteiger partial charge in [0.2, 0.25) is 10.0 Å². The number of primary sulfonamides is 1. The average molecular weight is 369 g/mol. The van der Waals surface area contributed by atoms with Gasteiger partial charge in [-0.3, -0.25) is 4.79 Å². The summed E-state index contributed by atoms with van der Waals surface area (Å²) in [4.78, 5) is 19.0. The van der Waals surface area contributed by atoms with Crippen molar-refractivity contribution in [1.82, 2.24) is 14.7 Å². The minimum absolute atomic E-state index is 0.0176. The monoisotopic (exact) mass is 368 g/mol. The van der Waals surface area contributed by atoms with Gasteiger partial charge >= 0.3 is 0 Å². The Balaban J connectivity index is 2.01. The quantitative estimate of drug-likeness (QED) is 0.787. The first kappa shape index (κ1) is 19.8. The van der Waals surface area contributed by atoms with Crippen molar-refractivity contribution in [2.45, 2.75) is 23.8 Å². The highest BCUT2D eigenvalue weighted by Crippen LogP contribution is 2.18. The third-order valence-corrected chi connectivity index (χ3v) is 5.57. The lowest BCUT2D eigenvalue weighted by Gasteiger charge is -2.38. The van der Waals surface area contributed by atoms with E-state index >= 15 is 0 Å². The van der Waals surface area contributed by atoms with Crippen LogP contribution in [0.1, 0.15) is 23.2 Å². The van der Waals surface area contributed by atoms with Gasteiger partial charge in [0.05, 0.1) is 4.90 Å². The summed E-state index contributed by atoms with van der Waals surface area (Å²) in [7, 11) is 2.46. The first-order chi connectivity index (χ1) is 11.7. The summed E-state index contributed by atoms with van der Waals surface area (Å²) in [5.41, 5.74) is 0.490. The second-order valence-electron chi connectivity index (χ2n) is 6.90. The van der Waals surface area contributed by atoms with E-state index in [0.29, 0.717) is 18.2 Å². The van der Waals surface area contributed by atoms with E-state index in [1.54, 1.807) is 0 Å². The van der Waals surface area contributed by atoms with Gasteiger partial charge in [-0.05, 0) is 58.3 Å². The second-order valence-corrected chi connectivity index (χ2v) is 8.46. The van der Waals surface area contributed by atoms with Gasteiger partial charge in [0.25, 0.3) is 5.91 Å². The molecule has 1 unspecified atom stereocenters. The lowest BCUT2D eigenvalue weighted by molar-refractivity contribution is 0.0603. The zero-order chi connectivity index (χ0) is 18.6. The molecule has 1 aliphatic rings. The van der Waals surface area contributed by atoms with Crippen LogP contribution < -0.4 is 5.14 Å². The highest BCUT2D eigenvalue weighted by atomic mass is 32.2. The summed E-state index contributed by atoms with van der Waals surface area (Å²) >= 11 is 0. The molecule has 0 aliphatic carbocycles.